The first-order chi connectivity index (χ1) is 14.1. The van der Waals surface area contributed by atoms with E-state index in [9.17, 15) is 33.0 Å². The van der Waals surface area contributed by atoms with E-state index in [1.165, 1.54) is 42.5 Å². The maximum absolute atomic E-state index is 13.3. The molecule has 0 aliphatic rings. The van der Waals surface area contributed by atoms with E-state index in [1.807, 2.05) is 0 Å². The number of nitrogens with one attached hydrogen (secondary N) is 1. The summed E-state index contributed by atoms with van der Waals surface area (Å²) in [6, 6.07) is 10.2. The van der Waals surface area contributed by atoms with Gasteiger partial charge in [-0.3, -0.25) is 9.69 Å². The number of hydrogen-bond donors (Lipinski definition) is 4. The first-order valence-corrected chi connectivity index (χ1v) is 8.75. The van der Waals surface area contributed by atoms with Crippen LogP contribution < -0.4 is 10.5 Å². The van der Waals surface area contributed by atoms with E-state index in [1.54, 1.807) is 0 Å². The molecule has 1 heterocycles. The van der Waals surface area contributed by atoms with Crippen LogP contribution in [0.2, 0.25) is 0 Å². The number of carbonyl (C=O) groups is 1. The lowest BCUT2D eigenvalue weighted by Crippen LogP contribution is -2.38. The minimum Gasteiger partial charge on any atom is -0.465 e. The lowest BCUT2D eigenvalue weighted by Gasteiger charge is -2.22. The fourth-order valence-corrected chi connectivity index (χ4v) is 3.09. The number of nitrogens with zero attached hydrogens (tertiary/aromatic N) is 1. The Morgan fingerprint density at radius 3 is 2.47 bits per heavy atom. The molecule has 0 saturated carbocycles. The molecule has 1 aromatic heterocycles. The highest BCUT2D eigenvalue weighted by Crippen LogP contribution is 2.36. The van der Waals surface area contributed by atoms with Gasteiger partial charge in [-0.25, -0.2) is 4.79 Å². The minimum atomic E-state index is -4.61. The zero-order chi connectivity index (χ0) is 22.1. The Bertz CT molecular complexity index is 1140. The molecule has 0 aliphatic carbocycles. The number of amides is 1. The van der Waals surface area contributed by atoms with E-state index in [0.29, 0.717) is 5.39 Å². The third-order valence-electron chi connectivity index (χ3n) is 4.50. The van der Waals surface area contributed by atoms with Crippen LogP contribution in [0.25, 0.3) is 22.0 Å². The van der Waals surface area contributed by atoms with Gasteiger partial charge in [-0.15, -0.1) is 0 Å². The zero-order valence-electron chi connectivity index (χ0n) is 15.3. The number of fused-ring (bicyclic) bond motifs is 1. The van der Waals surface area contributed by atoms with Crippen LogP contribution in [0.1, 0.15) is 5.56 Å². The van der Waals surface area contributed by atoms with E-state index in [2.05, 4.69) is 4.98 Å². The van der Waals surface area contributed by atoms with Crippen molar-refractivity contribution in [3.63, 3.8) is 0 Å². The molecule has 158 valence electrons. The summed E-state index contributed by atoms with van der Waals surface area (Å²) in [7, 11) is 0. The summed E-state index contributed by atoms with van der Waals surface area (Å²) in [5.74, 6) is 0. The Labute approximate surface area is 167 Å². The maximum Gasteiger partial charge on any atom is 0.417 e. The topological polar surface area (TPSA) is 114 Å². The van der Waals surface area contributed by atoms with Crippen LogP contribution in [0.15, 0.2) is 53.3 Å². The number of aliphatic hydroxyl groups is 2. The molecule has 0 aliphatic heterocycles. The van der Waals surface area contributed by atoms with Gasteiger partial charge in [-0.05, 0) is 29.7 Å². The molecule has 1 unspecified atom stereocenters. The Morgan fingerprint density at radius 2 is 1.83 bits per heavy atom. The van der Waals surface area contributed by atoms with Crippen molar-refractivity contribution < 1.29 is 33.3 Å². The average Bonchev–Trinajstić information content (AvgIpc) is 2.70. The number of H-pyrrole nitrogens is 1. The summed E-state index contributed by atoms with van der Waals surface area (Å²) in [6.45, 7) is -1.08. The van der Waals surface area contributed by atoms with Gasteiger partial charge in [0.05, 0.1) is 24.8 Å². The molecule has 0 saturated heterocycles. The Hall–Kier alpha value is -3.37. The molecule has 30 heavy (non-hydrogen) atoms. The summed E-state index contributed by atoms with van der Waals surface area (Å²) in [5, 5.41) is 28.2. The summed E-state index contributed by atoms with van der Waals surface area (Å²) in [4.78, 5) is 27.2. The van der Waals surface area contributed by atoms with Crippen molar-refractivity contribution >= 4 is 22.6 Å². The predicted molar refractivity (Wildman–Crippen MR) is 103 cm³/mol. The Morgan fingerprint density at radius 1 is 1.13 bits per heavy atom. The van der Waals surface area contributed by atoms with Crippen LogP contribution in [0, 0.1) is 0 Å². The third kappa shape index (κ3) is 4.29. The monoisotopic (exact) mass is 422 g/mol. The fraction of sp³-hybridized carbons (Fsp3) is 0.200. The summed E-state index contributed by atoms with van der Waals surface area (Å²) < 4.78 is 39.9. The van der Waals surface area contributed by atoms with Gasteiger partial charge >= 0.3 is 12.3 Å². The highest BCUT2D eigenvalue weighted by molar-refractivity contribution is 5.93. The largest absolute Gasteiger partial charge is 0.465 e. The fourth-order valence-electron chi connectivity index (χ4n) is 3.09. The molecule has 2 aromatic carbocycles. The molecule has 7 nitrogen and oxygen atoms in total. The predicted octanol–water partition coefficient (Wildman–Crippen LogP) is 3.05. The van der Waals surface area contributed by atoms with E-state index in [-0.39, 0.29) is 22.3 Å². The van der Waals surface area contributed by atoms with Gasteiger partial charge < -0.3 is 20.3 Å². The highest BCUT2D eigenvalue weighted by atomic mass is 19.4. The van der Waals surface area contributed by atoms with Crippen molar-refractivity contribution in [2.45, 2.75) is 12.3 Å². The number of aromatic nitrogens is 1. The number of rotatable bonds is 5. The van der Waals surface area contributed by atoms with Gasteiger partial charge in [0.15, 0.2) is 0 Å². The van der Waals surface area contributed by atoms with Gasteiger partial charge in [0.2, 0.25) is 0 Å². The molecule has 4 N–H and O–H groups in total. The van der Waals surface area contributed by atoms with Crippen molar-refractivity contribution in [2.24, 2.45) is 0 Å². The van der Waals surface area contributed by atoms with E-state index in [0.717, 1.165) is 11.0 Å². The zero-order valence-corrected chi connectivity index (χ0v) is 15.3. The summed E-state index contributed by atoms with van der Waals surface area (Å²) in [5.41, 5.74) is -1.75. The standard InChI is InChI=1S/C20H17F3N2O5/c21-20(22,23)16-4-2-1-3-14(16)17-7-11-5-6-12(8-15(11)18(28)24-17)25(19(29)30)9-13(27)10-26/h1-8,13,26-27H,9-10H2,(H,24,28)(H,29,30). The molecule has 3 aromatic rings. The SMILES string of the molecule is O=C(O)N(CC(O)CO)c1ccc2cc(-c3ccccc3C(F)(F)F)[nH]c(=O)c2c1. The second kappa shape index (κ2) is 8.17. The van der Waals surface area contributed by atoms with Crippen molar-refractivity contribution in [2.75, 3.05) is 18.1 Å². The maximum atomic E-state index is 13.3. The quantitative estimate of drug-likeness (QED) is 0.505. The van der Waals surface area contributed by atoms with Crippen molar-refractivity contribution in [3.05, 3.63) is 64.4 Å². The van der Waals surface area contributed by atoms with Gasteiger partial charge in [0.1, 0.15) is 0 Å². The second-order valence-corrected chi connectivity index (χ2v) is 6.56. The highest BCUT2D eigenvalue weighted by Gasteiger charge is 2.33. The molecule has 0 fully saturated rings. The Balaban J connectivity index is 2.11. The van der Waals surface area contributed by atoms with E-state index >= 15 is 0 Å². The van der Waals surface area contributed by atoms with Gasteiger partial charge in [-0.2, -0.15) is 13.2 Å². The van der Waals surface area contributed by atoms with E-state index in [4.69, 9.17) is 5.11 Å². The number of benzene rings is 2. The lowest BCUT2D eigenvalue weighted by atomic mass is 10.0. The number of anilines is 1. The lowest BCUT2D eigenvalue weighted by molar-refractivity contribution is -0.137. The van der Waals surface area contributed by atoms with E-state index < -0.39 is 42.6 Å². The molecule has 3 rings (SSSR count). The molecule has 0 bridgehead atoms. The smallest absolute Gasteiger partial charge is 0.417 e. The van der Waals surface area contributed by atoms with Crippen LogP contribution in [0.3, 0.4) is 0 Å². The van der Waals surface area contributed by atoms with Crippen molar-refractivity contribution in [3.8, 4) is 11.3 Å². The molecular formula is C20H17F3N2O5. The number of carboxylic acid groups (broad SMARTS) is 1. The van der Waals surface area contributed by atoms with Gasteiger partial charge in [0, 0.05) is 22.3 Å². The molecule has 1 amide bonds. The molecule has 0 radical (unpaired) electrons. The number of aliphatic hydroxyl groups excluding tert-OH is 2. The molecule has 0 spiro atoms. The number of pyridine rings is 1. The molecular weight excluding hydrogens is 405 g/mol. The van der Waals surface area contributed by atoms with Gasteiger partial charge in [0.25, 0.3) is 5.56 Å². The second-order valence-electron chi connectivity index (χ2n) is 6.56. The van der Waals surface area contributed by atoms with Crippen molar-refractivity contribution in [1.29, 1.82) is 0 Å². The van der Waals surface area contributed by atoms with Crippen LogP contribution in [0.4, 0.5) is 23.7 Å². The first kappa shape index (κ1) is 21.3. The number of aromatic amines is 1. The van der Waals surface area contributed by atoms with Crippen LogP contribution >= 0.6 is 0 Å². The van der Waals surface area contributed by atoms with Crippen LogP contribution in [-0.2, 0) is 6.18 Å². The average molecular weight is 422 g/mol. The van der Waals surface area contributed by atoms with Crippen LogP contribution in [0.5, 0.6) is 0 Å². The normalized spacial score (nSPS) is 12.7. The number of alkyl halides is 3. The van der Waals surface area contributed by atoms with Crippen LogP contribution in [-0.4, -0.2) is 45.7 Å². The minimum absolute atomic E-state index is 0.0287. The summed E-state index contributed by atoms with van der Waals surface area (Å²) in [6.07, 6.45) is -7.34. The van der Waals surface area contributed by atoms with Gasteiger partial charge in [-0.1, -0.05) is 24.3 Å². The number of hydrogen-bond acceptors (Lipinski definition) is 4. The number of halogens is 3. The molecule has 1 atom stereocenters. The third-order valence-corrected chi connectivity index (χ3v) is 4.50. The summed E-state index contributed by atoms with van der Waals surface area (Å²) >= 11 is 0. The van der Waals surface area contributed by atoms with Crippen molar-refractivity contribution in [1.82, 2.24) is 4.98 Å². The molecule has 10 heteroatoms. The Kier molecular flexibility index (Phi) is 5.81. The first-order valence-electron chi connectivity index (χ1n) is 8.75.